The number of carbonyl (C=O) groups excluding carboxylic acids is 2. The lowest BCUT2D eigenvalue weighted by molar-refractivity contribution is -0.119. The molecule has 0 aliphatic carbocycles. The lowest BCUT2D eigenvalue weighted by Gasteiger charge is -2.42. The molecule has 3 aromatic rings. The van der Waals surface area contributed by atoms with Crippen molar-refractivity contribution >= 4 is 17.6 Å². The summed E-state index contributed by atoms with van der Waals surface area (Å²) in [5.41, 5.74) is 2.11. The number of hydrogen-bond donors (Lipinski definition) is 1. The maximum atomic E-state index is 13.9. The van der Waals surface area contributed by atoms with Crippen LogP contribution in [0, 0.1) is 6.92 Å². The highest BCUT2D eigenvalue weighted by Gasteiger charge is 2.44. The number of rotatable bonds is 8. The third kappa shape index (κ3) is 5.38. The molecule has 1 N–H and O–H groups in total. The smallest absolute Gasteiger partial charge is 0.254 e. The molecule has 37 heavy (non-hydrogen) atoms. The Balaban J connectivity index is 1.54. The van der Waals surface area contributed by atoms with Crippen LogP contribution >= 0.6 is 0 Å². The highest BCUT2D eigenvalue weighted by Crippen LogP contribution is 2.43. The zero-order valence-electron chi connectivity index (χ0n) is 21.2. The molecule has 2 amide bonds. The maximum absolute atomic E-state index is 13.9. The summed E-state index contributed by atoms with van der Waals surface area (Å²) in [5, 5.41) is 6.86. The molecule has 5 rings (SSSR count). The number of anilines is 1. The molecular formula is C28H32N4O5. The number of fused-ring (bicyclic) bond motifs is 1. The van der Waals surface area contributed by atoms with Gasteiger partial charge in [0.1, 0.15) is 11.5 Å². The molecular weight excluding hydrogens is 472 g/mol. The van der Waals surface area contributed by atoms with Crippen molar-refractivity contribution in [2.24, 2.45) is 0 Å². The molecule has 1 aromatic heterocycles. The monoisotopic (exact) mass is 504 g/mol. The Morgan fingerprint density at radius 3 is 2.57 bits per heavy atom. The predicted molar refractivity (Wildman–Crippen MR) is 138 cm³/mol. The van der Waals surface area contributed by atoms with Crippen molar-refractivity contribution in [2.75, 3.05) is 51.3 Å². The number of amides is 2. The molecule has 0 bridgehead atoms. The topological polar surface area (TPSA) is 97.1 Å². The lowest BCUT2D eigenvalue weighted by atomic mass is 9.79. The second-order valence-corrected chi connectivity index (χ2v) is 9.28. The van der Waals surface area contributed by atoms with Crippen LogP contribution in [0.2, 0.25) is 0 Å². The van der Waals surface area contributed by atoms with Crippen molar-refractivity contribution in [1.29, 1.82) is 0 Å². The van der Waals surface area contributed by atoms with Gasteiger partial charge in [-0.1, -0.05) is 35.5 Å². The first-order valence-electron chi connectivity index (χ1n) is 12.7. The predicted octanol–water partition coefficient (Wildman–Crippen LogP) is 3.63. The summed E-state index contributed by atoms with van der Waals surface area (Å²) in [7, 11) is 0. The minimum absolute atomic E-state index is 0.0796. The summed E-state index contributed by atoms with van der Waals surface area (Å²) < 4.78 is 16.3. The first kappa shape index (κ1) is 25.0. The van der Waals surface area contributed by atoms with E-state index in [1.54, 1.807) is 19.1 Å². The number of nitrogens with one attached hydrogen (secondary N) is 1. The van der Waals surface area contributed by atoms with Gasteiger partial charge in [-0.15, -0.1) is 0 Å². The number of morpholine rings is 1. The van der Waals surface area contributed by atoms with Crippen molar-refractivity contribution in [3.8, 4) is 5.75 Å². The first-order valence-corrected chi connectivity index (χ1v) is 12.7. The fourth-order valence-corrected chi connectivity index (χ4v) is 5.12. The largest absolute Gasteiger partial charge is 0.494 e. The Bertz CT molecular complexity index is 1240. The highest BCUT2D eigenvalue weighted by atomic mass is 16.5. The quantitative estimate of drug-likeness (QED) is 0.500. The van der Waals surface area contributed by atoms with E-state index >= 15 is 0 Å². The van der Waals surface area contributed by atoms with Crippen LogP contribution in [-0.2, 0) is 9.53 Å². The van der Waals surface area contributed by atoms with E-state index in [0.29, 0.717) is 55.6 Å². The number of nitrogens with zero attached hydrogens (tertiary/aromatic N) is 3. The van der Waals surface area contributed by atoms with Crippen LogP contribution in [0.3, 0.4) is 0 Å². The van der Waals surface area contributed by atoms with E-state index in [4.69, 9.17) is 14.0 Å². The molecule has 2 aromatic carbocycles. The molecule has 2 atom stereocenters. The Morgan fingerprint density at radius 1 is 1.11 bits per heavy atom. The molecule has 2 aliphatic heterocycles. The van der Waals surface area contributed by atoms with Gasteiger partial charge in [-0.3, -0.25) is 14.5 Å². The summed E-state index contributed by atoms with van der Waals surface area (Å²) >= 11 is 0. The van der Waals surface area contributed by atoms with Gasteiger partial charge in [-0.05, 0) is 43.2 Å². The zero-order chi connectivity index (χ0) is 25.8. The van der Waals surface area contributed by atoms with Crippen LogP contribution in [0.1, 0.15) is 46.1 Å². The van der Waals surface area contributed by atoms with E-state index in [-0.39, 0.29) is 11.8 Å². The second kappa shape index (κ2) is 11.1. The summed E-state index contributed by atoms with van der Waals surface area (Å²) in [4.78, 5) is 31.9. The Hall–Kier alpha value is -3.69. The van der Waals surface area contributed by atoms with Crippen LogP contribution in [0.25, 0.3) is 0 Å². The molecule has 0 radical (unpaired) electrons. The summed E-state index contributed by atoms with van der Waals surface area (Å²) in [6.07, 6.45) is 0. The Morgan fingerprint density at radius 2 is 1.86 bits per heavy atom. The van der Waals surface area contributed by atoms with Gasteiger partial charge < -0.3 is 24.2 Å². The van der Waals surface area contributed by atoms with E-state index in [1.807, 2.05) is 54.3 Å². The number of hydrogen-bond acceptors (Lipinski definition) is 7. The minimum Gasteiger partial charge on any atom is -0.494 e. The number of aromatic nitrogens is 1. The van der Waals surface area contributed by atoms with Crippen LogP contribution < -0.4 is 10.1 Å². The van der Waals surface area contributed by atoms with Crippen LogP contribution in [-0.4, -0.2) is 72.8 Å². The fraction of sp³-hybridized carbons (Fsp3) is 0.393. The lowest BCUT2D eigenvalue weighted by Crippen LogP contribution is -2.49. The van der Waals surface area contributed by atoms with Crippen molar-refractivity contribution in [1.82, 2.24) is 15.0 Å². The molecule has 9 nitrogen and oxygen atoms in total. The maximum Gasteiger partial charge on any atom is 0.254 e. The van der Waals surface area contributed by atoms with E-state index < -0.39 is 12.0 Å². The van der Waals surface area contributed by atoms with E-state index in [1.165, 1.54) is 0 Å². The highest BCUT2D eigenvalue weighted by molar-refractivity contribution is 6.04. The van der Waals surface area contributed by atoms with Gasteiger partial charge in [-0.2, -0.15) is 0 Å². The normalized spacial score (nSPS) is 19.9. The first-order chi connectivity index (χ1) is 18.0. The molecule has 2 aliphatic rings. The van der Waals surface area contributed by atoms with Gasteiger partial charge in [0.05, 0.1) is 31.8 Å². The average molecular weight is 505 g/mol. The third-order valence-corrected chi connectivity index (χ3v) is 6.89. The molecule has 3 heterocycles. The van der Waals surface area contributed by atoms with Crippen molar-refractivity contribution in [2.45, 2.75) is 25.8 Å². The molecule has 194 valence electrons. The number of carbonyl (C=O) groups is 2. The van der Waals surface area contributed by atoms with Gasteiger partial charge in [0.15, 0.2) is 5.82 Å². The standard InChI is InChI=1S/C28H32N4O5/c1-3-36-21-10-8-20(9-11-21)26-25(27(33)29-24-18-19(2)37-30-24)22-6-4-5-7-23(22)28(34)32(26)13-12-31-14-16-35-17-15-31/h4-11,18,25-26H,3,12-17H2,1-2H3,(H,29,30,33)/t25-,26-/m0/s1. The molecule has 0 spiro atoms. The Labute approximate surface area is 216 Å². The molecule has 0 saturated carbocycles. The Kier molecular flexibility index (Phi) is 7.52. The summed E-state index contributed by atoms with van der Waals surface area (Å²) in [5.74, 6) is 0.723. The average Bonchev–Trinajstić information content (AvgIpc) is 3.33. The van der Waals surface area contributed by atoms with Crippen LogP contribution in [0.4, 0.5) is 5.82 Å². The van der Waals surface area contributed by atoms with Gasteiger partial charge in [0.25, 0.3) is 5.91 Å². The molecule has 0 unspecified atom stereocenters. The van der Waals surface area contributed by atoms with Gasteiger partial charge in [0.2, 0.25) is 5.91 Å². The number of aryl methyl sites for hydroxylation is 1. The van der Waals surface area contributed by atoms with Gasteiger partial charge in [-0.25, -0.2) is 0 Å². The van der Waals surface area contributed by atoms with E-state index in [0.717, 1.165) is 24.4 Å². The number of benzene rings is 2. The SMILES string of the molecule is CCOc1ccc([C@H]2[C@@H](C(=O)Nc3cc(C)on3)c3ccccc3C(=O)N2CCN2CCOCC2)cc1. The van der Waals surface area contributed by atoms with E-state index in [2.05, 4.69) is 15.4 Å². The number of ether oxygens (including phenoxy) is 2. The van der Waals surface area contributed by atoms with Crippen molar-refractivity contribution < 1.29 is 23.6 Å². The van der Waals surface area contributed by atoms with Gasteiger partial charge in [0, 0.05) is 37.8 Å². The molecule has 1 saturated heterocycles. The second-order valence-electron chi connectivity index (χ2n) is 9.28. The van der Waals surface area contributed by atoms with Crippen molar-refractivity contribution in [3.63, 3.8) is 0 Å². The molecule has 1 fully saturated rings. The van der Waals surface area contributed by atoms with Crippen LogP contribution in [0.15, 0.2) is 59.1 Å². The van der Waals surface area contributed by atoms with Crippen LogP contribution in [0.5, 0.6) is 5.75 Å². The van der Waals surface area contributed by atoms with Gasteiger partial charge >= 0.3 is 0 Å². The van der Waals surface area contributed by atoms with Crippen molar-refractivity contribution in [3.05, 3.63) is 77.0 Å². The summed E-state index contributed by atoms with van der Waals surface area (Å²) in [6, 6.07) is 16.2. The summed E-state index contributed by atoms with van der Waals surface area (Å²) in [6.45, 7) is 8.45. The third-order valence-electron chi connectivity index (χ3n) is 6.89. The minimum atomic E-state index is -0.645. The van der Waals surface area contributed by atoms with E-state index in [9.17, 15) is 9.59 Å². The zero-order valence-corrected chi connectivity index (χ0v) is 21.2. The molecule has 9 heteroatoms. The fourth-order valence-electron chi connectivity index (χ4n) is 5.12.